The molecule has 0 aliphatic carbocycles. The summed E-state index contributed by atoms with van der Waals surface area (Å²) in [5.74, 6) is -1.68. The molecule has 1 aliphatic rings. The molecule has 3 amide bonds. The van der Waals surface area contributed by atoms with Gasteiger partial charge in [0, 0.05) is 10.6 Å². The van der Waals surface area contributed by atoms with Gasteiger partial charge in [-0.3, -0.25) is 19.3 Å². The summed E-state index contributed by atoms with van der Waals surface area (Å²) in [6.07, 6.45) is -4.56. The molecule has 0 N–H and O–H groups in total. The number of hydrogen-bond acceptors (Lipinski definition) is 5. The first kappa shape index (κ1) is 25.3. The van der Waals surface area contributed by atoms with Crippen LogP contribution < -0.4 is 4.90 Å². The van der Waals surface area contributed by atoms with E-state index in [1.54, 1.807) is 24.3 Å². The summed E-state index contributed by atoms with van der Waals surface area (Å²) >= 11 is 11.2. The molecular formula is C25H16ClF3N2O4S. The number of rotatable bonds is 5. The minimum absolute atomic E-state index is 0.0655. The molecule has 3 aromatic carbocycles. The third-order valence-corrected chi connectivity index (χ3v) is 5.90. The van der Waals surface area contributed by atoms with E-state index in [-0.39, 0.29) is 40.7 Å². The zero-order chi connectivity index (χ0) is 26.0. The number of thiocarbonyl (C=S) groups is 1. The predicted molar refractivity (Wildman–Crippen MR) is 130 cm³/mol. The molecule has 1 aliphatic heterocycles. The van der Waals surface area contributed by atoms with Crippen molar-refractivity contribution < 1.29 is 32.3 Å². The predicted octanol–water partition coefficient (Wildman–Crippen LogP) is 5.60. The van der Waals surface area contributed by atoms with Gasteiger partial charge in [-0.1, -0.05) is 23.7 Å². The molecule has 184 valence electrons. The summed E-state index contributed by atoms with van der Waals surface area (Å²) in [5, 5.41) is 0.0666. The van der Waals surface area contributed by atoms with Gasteiger partial charge in [0.2, 0.25) is 0 Å². The zero-order valence-electron chi connectivity index (χ0n) is 18.3. The van der Waals surface area contributed by atoms with Crippen LogP contribution >= 0.6 is 23.8 Å². The largest absolute Gasteiger partial charge is 0.468 e. The number of benzene rings is 3. The minimum atomic E-state index is -4.56. The highest BCUT2D eigenvalue weighted by atomic mass is 35.5. The van der Waals surface area contributed by atoms with E-state index in [9.17, 15) is 27.6 Å². The molecule has 0 fully saturated rings. The average Bonchev–Trinajstić information content (AvgIpc) is 3.10. The lowest BCUT2D eigenvalue weighted by atomic mass is 10.1. The third kappa shape index (κ3) is 5.09. The number of carbonyl (C=O) groups excluding carboxylic acids is 3. The Kier molecular flexibility index (Phi) is 7.09. The Bertz CT molecular complexity index is 1310. The van der Waals surface area contributed by atoms with Crippen molar-refractivity contribution in [3.63, 3.8) is 0 Å². The van der Waals surface area contributed by atoms with Crippen LogP contribution in [0.3, 0.4) is 0 Å². The molecule has 36 heavy (non-hydrogen) atoms. The maximum Gasteiger partial charge on any atom is 0.416 e. The second-order valence-electron chi connectivity index (χ2n) is 7.61. The summed E-state index contributed by atoms with van der Waals surface area (Å²) in [6, 6.07) is 16.0. The van der Waals surface area contributed by atoms with Crippen LogP contribution in [-0.4, -0.2) is 40.9 Å². The van der Waals surface area contributed by atoms with E-state index < -0.39 is 29.5 Å². The first-order valence-corrected chi connectivity index (χ1v) is 11.3. The van der Waals surface area contributed by atoms with E-state index in [1.165, 1.54) is 24.3 Å². The summed E-state index contributed by atoms with van der Waals surface area (Å²) in [5.41, 5.74) is -0.146. The van der Waals surface area contributed by atoms with Crippen LogP contribution in [0.15, 0.2) is 72.8 Å². The molecule has 0 radical (unpaired) electrons. The van der Waals surface area contributed by atoms with Crippen molar-refractivity contribution in [1.29, 1.82) is 0 Å². The smallest absolute Gasteiger partial charge is 0.416 e. The molecule has 0 saturated heterocycles. The fourth-order valence-electron chi connectivity index (χ4n) is 3.56. The molecule has 0 atom stereocenters. The van der Waals surface area contributed by atoms with Crippen LogP contribution in [0.4, 0.5) is 18.9 Å². The molecule has 6 nitrogen and oxygen atoms in total. The van der Waals surface area contributed by atoms with Crippen LogP contribution in [-0.2, 0) is 10.9 Å². The van der Waals surface area contributed by atoms with Gasteiger partial charge in [0.15, 0.2) is 0 Å². The maximum atomic E-state index is 13.2. The number of halogens is 4. The molecule has 1 heterocycles. The number of alkyl halides is 3. The van der Waals surface area contributed by atoms with Gasteiger partial charge < -0.3 is 4.74 Å². The Morgan fingerprint density at radius 3 is 2.00 bits per heavy atom. The summed E-state index contributed by atoms with van der Waals surface area (Å²) in [4.78, 5) is 40.3. The van der Waals surface area contributed by atoms with E-state index in [4.69, 9.17) is 28.6 Å². The minimum Gasteiger partial charge on any atom is -0.468 e. The van der Waals surface area contributed by atoms with Crippen LogP contribution in [0, 0.1) is 0 Å². The number of imide groups is 1. The van der Waals surface area contributed by atoms with Crippen molar-refractivity contribution in [3.05, 3.63) is 100 Å². The number of ether oxygens (including phenoxy) is 1. The van der Waals surface area contributed by atoms with Crippen LogP contribution in [0.5, 0.6) is 0 Å². The normalized spacial score (nSPS) is 12.9. The number of amides is 3. The number of hydrogen-bond donors (Lipinski definition) is 0. The first-order valence-electron chi connectivity index (χ1n) is 10.5. The Hall–Kier alpha value is -3.76. The van der Waals surface area contributed by atoms with Gasteiger partial charge in [-0.25, -0.2) is 4.90 Å². The van der Waals surface area contributed by atoms with Gasteiger partial charge in [0.25, 0.3) is 22.9 Å². The van der Waals surface area contributed by atoms with Crippen LogP contribution in [0.1, 0.15) is 36.6 Å². The fraction of sp³-hybridized carbons (Fsp3) is 0.120. The van der Waals surface area contributed by atoms with Crippen molar-refractivity contribution in [2.75, 3.05) is 18.1 Å². The quantitative estimate of drug-likeness (QED) is 0.316. The van der Waals surface area contributed by atoms with Gasteiger partial charge in [0.1, 0.15) is 6.61 Å². The molecule has 0 saturated carbocycles. The van der Waals surface area contributed by atoms with Crippen LogP contribution in [0.25, 0.3) is 0 Å². The highest BCUT2D eigenvalue weighted by Crippen LogP contribution is 2.30. The number of nitrogens with zero attached hydrogens (tertiary/aromatic N) is 2. The zero-order valence-corrected chi connectivity index (χ0v) is 19.9. The SMILES string of the molecule is O=C1c2ccccc2C(=O)N1CCOC(=S)N(C(=O)c1ccc(C(F)(F)F)cc1)c1ccc(Cl)cc1. The number of carbonyl (C=O) groups is 3. The maximum absolute atomic E-state index is 13.2. The molecule has 11 heteroatoms. The van der Waals surface area contributed by atoms with Crippen molar-refractivity contribution in [1.82, 2.24) is 4.90 Å². The van der Waals surface area contributed by atoms with Gasteiger partial charge in [-0.2, -0.15) is 13.2 Å². The number of anilines is 1. The van der Waals surface area contributed by atoms with Gasteiger partial charge in [-0.05, 0) is 72.9 Å². The lowest BCUT2D eigenvalue weighted by Crippen LogP contribution is -2.39. The van der Waals surface area contributed by atoms with Gasteiger partial charge >= 0.3 is 6.18 Å². The van der Waals surface area contributed by atoms with Crippen molar-refractivity contribution >= 4 is 52.4 Å². The Morgan fingerprint density at radius 1 is 0.917 bits per heavy atom. The van der Waals surface area contributed by atoms with Gasteiger partial charge in [0.05, 0.1) is 28.9 Å². The molecule has 4 rings (SSSR count). The molecule has 0 aromatic heterocycles. The monoisotopic (exact) mass is 532 g/mol. The molecule has 0 unspecified atom stereocenters. The second-order valence-corrected chi connectivity index (χ2v) is 8.40. The summed E-state index contributed by atoms with van der Waals surface area (Å²) < 4.78 is 44.3. The van der Waals surface area contributed by atoms with Crippen molar-refractivity contribution in [2.45, 2.75) is 6.18 Å². The van der Waals surface area contributed by atoms with E-state index in [0.717, 1.165) is 34.1 Å². The number of fused-ring (bicyclic) bond motifs is 1. The van der Waals surface area contributed by atoms with Crippen molar-refractivity contribution in [3.8, 4) is 0 Å². The lowest BCUT2D eigenvalue weighted by molar-refractivity contribution is -0.137. The topological polar surface area (TPSA) is 66.9 Å². The second kappa shape index (κ2) is 10.1. The highest BCUT2D eigenvalue weighted by Gasteiger charge is 2.35. The molecule has 0 spiro atoms. The first-order chi connectivity index (χ1) is 17.1. The lowest BCUT2D eigenvalue weighted by Gasteiger charge is -2.24. The highest BCUT2D eigenvalue weighted by molar-refractivity contribution is 7.80. The average molecular weight is 533 g/mol. The van der Waals surface area contributed by atoms with E-state index in [2.05, 4.69) is 0 Å². The summed E-state index contributed by atoms with van der Waals surface area (Å²) in [6.45, 7) is -0.343. The third-order valence-electron chi connectivity index (χ3n) is 5.35. The Labute approximate surface area is 213 Å². The molecule has 0 bridgehead atoms. The Morgan fingerprint density at radius 2 is 1.47 bits per heavy atom. The fourth-order valence-corrected chi connectivity index (χ4v) is 3.96. The van der Waals surface area contributed by atoms with E-state index >= 15 is 0 Å². The summed E-state index contributed by atoms with van der Waals surface area (Å²) in [7, 11) is 0. The molecular weight excluding hydrogens is 517 g/mol. The van der Waals surface area contributed by atoms with E-state index in [1.807, 2.05) is 0 Å². The van der Waals surface area contributed by atoms with Gasteiger partial charge in [-0.15, -0.1) is 0 Å². The Balaban J connectivity index is 1.51. The van der Waals surface area contributed by atoms with E-state index in [0.29, 0.717) is 5.02 Å². The standard InChI is InChI=1S/C25H16ClF3N2O4S/c26-17-9-11-18(12-10-17)31(21(32)15-5-7-16(8-6-15)25(27,28)29)24(36)35-14-13-30-22(33)19-3-1-2-4-20(19)23(30)34/h1-12H,13-14H2. The molecule has 3 aromatic rings. The van der Waals surface area contributed by atoms with Crippen LogP contribution in [0.2, 0.25) is 5.02 Å². The van der Waals surface area contributed by atoms with Crippen molar-refractivity contribution in [2.24, 2.45) is 0 Å².